The third-order valence-electron chi connectivity index (χ3n) is 3.60. The Hall–Kier alpha value is -3.03. The number of hydrogen-bond acceptors (Lipinski definition) is 6. The summed E-state index contributed by atoms with van der Waals surface area (Å²) in [4.78, 5) is 35.5. The minimum Gasteiger partial charge on any atom is -0.479 e. The smallest absolute Gasteiger partial charge is 0.347 e. The number of aryl methyl sites for hydroxylation is 1. The predicted molar refractivity (Wildman–Crippen MR) is 92.4 cm³/mol. The van der Waals surface area contributed by atoms with E-state index in [1.54, 1.807) is 26.0 Å². The van der Waals surface area contributed by atoms with Crippen molar-refractivity contribution in [2.24, 2.45) is 0 Å². The van der Waals surface area contributed by atoms with Gasteiger partial charge >= 0.3 is 18.0 Å². The summed E-state index contributed by atoms with van der Waals surface area (Å²) in [5.41, 5.74) is 1.49. The van der Waals surface area contributed by atoms with Gasteiger partial charge in [-0.15, -0.1) is 0 Å². The van der Waals surface area contributed by atoms with Gasteiger partial charge in [0, 0.05) is 0 Å². The predicted octanol–water partition coefficient (Wildman–Crippen LogP) is 1.44. The molecule has 1 aliphatic heterocycles. The zero-order valence-corrected chi connectivity index (χ0v) is 15.0. The van der Waals surface area contributed by atoms with Gasteiger partial charge in [-0.25, -0.2) is 14.4 Å². The van der Waals surface area contributed by atoms with Crippen LogP contribution in [0.2, 0.25) is 0 Å². The van der Waals surface area contributed by atoms with Gasteiger partial charge in [0.05, 0.1) is 24.4 Å². The number of carbonyl (C=O) groups excluding carboxylic acids is 3. The van der Waals surface area contributed by atoms with E-state index >= 15 is 0 Å². The van der Waals surface area contributed by atoms with Crippen LogP contribution in [0.1, 0.15) is 19.4 Å². The SMILES string of the molecule is CCOC(=O)C1=C(COC(=O)[C@H](C)Oc2ccc(C)cc2)NC(=O)NC1. The molecule has 0 saturated carbocycles. The summed E-state index contributed by atoms with van der Waals surface area (Å²) in [5.74, 6) is -0.647. The molecule has 1 aliphatic rings. The molecule has 8 nitrogen and oxygen atoms in total. The van der Waals surface area contributed by atoms with Gasteiger partial charge in [0.1, 0.15) is 12.4 Å². The van der Waals surface area contributed by atoms with Crippen molar-refractivity contribution >= 4 is 18.0 Å². The number of rotatable bonds is 7. The number of urea groups is 1. The Labute approximate surface area is 151 Å². The van der Waals surface area contributed by atoms with Crippen molar-refractivity contribution in [1.82, 2.24) is 10.6 Å². The molecule has 2 rings (SSSR count). The van der Waals surface area contributed by atoms with Gasteiger partial charge in [0.2, 0.25) is 0 Å². The van der Waals surface area contributed by atoms with Crippen LogP contribution in [0.25, 0.3) is 0 Å². The fraction of sp³-hybridized carbons (Fsp3) is 0.389. The molecule has 0 unspecified atom stereocenters. The van der Waals surface area contributed by atoms with Crippen LogP contribution in [-0.2, 0) is 19.1 Å². The van der Waals surface area contributed by atoms with Crippen LogP contribution in [0.5, 0.6) is 5.75 Å². The lowest BCUT2D eigenvalue weighted by molar-refractivity contribution is -0.150. The molecular formula is C18H22N2O6. The number of ether oxygens (including phenoxy) is 3. The van der Waals surface area contributed by atoms with Crippen molar-refractivity contribution in [2.45, 2.75) is 26.9 Å². The monoisotopic (exact) mass is 362 g/mol. The molecule has 0 aromatic heterocycles. The van der Waals surface area contributed by atoms with Crippen molar-refractivity contribution in [3.8, 4) is 5.75 Å². The summed E-state index contributed by atoms with van der Waals surface area (Å²) in [6.45, 7) is 5.13. The number of benzene rings is 1. The Bertz CT molecular complexity index is 711. The first-order chi connectivity index (χ1) is 12.4. The standard InChI is InChI=1S/C18H22N2O6/c1-4-24-17(22)14-9-19-18(23)20-15(14)10-25-16(21)12(3)26-13-7-5-11(2)6-8-13/h5-8,12H,4,9-10H2,1-3H3,(H2,19,20,23)/t12-/m0/s1. The quantitative estimate of drug-likeness (QED) is 0.712. The molecular weight excluding hydrogens is 340 g/mol. The lowest BCUT2D eigenvalue weighted by atomic mass is 10.1. The topological polar surface area (TPSA) is 103 Å². The van der Waals surface area contributed by atoms with Gasteiger partial charge in [-0.1, -0.05) is 17.7 Å². The van der Waals surface area contributed by atoms with E-state index in [1.807, 2.05) is 19.1 Å². The third-order valence-corrected chi connectivity index (χ3v) is 3.60. The summed E-state index contributed by atoms with van der Waals surface area (Å²) in [6.07, 6.45) is -0.846. The van der Waals surface area contributed by atoms with E-state index in [0.29, 0.717) is 5.75 Å². The van der Waals surface area contributed by atoms with Crippen LogP contribution in [-0.4, -0.2) is 43.8 Å². The average molecular weight is 362 g/mol. The van der Waals surface area contributed by atoms with Gasteiger partial charge in [0.25, 0.3) is 0 Å². The minimum absolute atomic E-state index is 0.00692. The van der Waals surface area contributed by atoms with Crippen molar-refractivity contribution < 1.29 is 28.6 Å². The van der Waals surface area contributed by atoms with Gasteiger partial charge in [-0.05, 0) is 32.9 Å². The Morgan fingerprint density at radius 3 is 2.54 bits per heavy atom. The van der Waals surface area contributed by atoms with E-state index in [4.69, 9.17) is 14.2 Å². The van der Waals surface area contributed by atoms with E-state index in [2.05, 4.69) is 10.6 Å². The summed E-state index contributed by atoms with van der Waals surface area (Å²) < 4.78 is 15.6. The zero-order chi connectivity index (χ0) is 19.1. The second-order valence-corrected chi connectivity index (χ2v) is 5.67. The lowest BCUT2D eigenvalue weighted by Crippen LogP contribution is -2.45. The van der Waals surface area contributed by atoms with Crippen LogP contribution >= 0.6 is 0 Å². The molecule has 1 aromatic carbocycles. The highest BCUT2D eigenvalue weighted by molar-refractivity contribution is 5.93. The molecule has 2 amide bonds. The normalized spacial score (nSPS) is 14.8. The summed E-state index contributed by atoms with van der Waals surface area (Å²) in [7, 11) is 0. The summed E-state index contributed by atoms with van der Waals surface area (Å²) >= 11 is 0. The van der Waals surface area contributed by atoms with Gasteiger partial charge in [-0.2, -0.15) is 0 Å². The summed E-state index contributed by atoms with van der Waals surface area (Å²) in [6, 6.07) is 6.78. The molecule has 140 valence electrons. The molecule has 1 aromatic rings. The minimum atomic E-state index is -0.846. The molecule has 26 heavy (non-hydrogen) atoms. The number of amides is 2. The molecule has 2 N–H and O–H groups in total. The maximum atomic E-state index is 12.1. The molecule has 0 radical (unpaired) electrons. The van der Waals surface area contributed by atoms with Crippen molar-refractivity contribution in [3.05, 3.63) is 41.1 Å². The number of hydrogen-bond donors (Lipinski definition) is 2. The van der Waals surface area contributed by atoms with Crippen molar-refractivity contribution in [2.75, 3.05) is 19.8 Å². The van der Waals surface area contributed by atoms with E-state index in [1.165, 1.54) is 0 Å². The first-order valence-corrected chi connectivity index (χ1v) is 8.24. The Morgan fingerprint density at radius 1 is 1.19 bits per heavy atom. The van der Waals surface area contributed by atoms with Crippen LogP contribution in [0.3, 0.4) is 0 Å². The first kappa shape index (κ1) is 19.3. The molecule has 0 spiro atoms. The van der Waals surface area contributed by atoms with Crippen molar-refractivity contribution in [3.63, 3.8) is 0 Å². The lowest BCUT2D eigenvalue weighted by Gasteiger charge is -2.21. The maximum absolute atomic E-state index is 12.1. The second-order valence-electron chi connectivity index (χ2n) is 5.67. The zero-order valence-electron chi connectivity index (χ0n) is 15.0. The van der Waals surface area contributed by atoms with Crippen LogP contribution in [0.15, 0.2) is 35.5 Å². The molecule has 0 bridgehead atoms. The molecule has 1 heterocycles. The fourth-order valence-electron chi connectivity index (χ4n) is 2.20. The molecule has 0 fully saturated rings. The van der Waals surface area contributed by atoms with Crippen LogP contribution in [0, 0.1) is 6.92 Å². The van der Waals surface area contributed by atoms with Gasteiger partial charge in [-0.3, -0.25) is 0 Å². The molecule has 0 aliphatic carbocycles. The van der Waals surface area contributed by atoms with E-state index < -0.39 is 24.1 Å². The fourth-order valence-corrected chi connectivity index (χ4v) is 2.20. The third kappa shape index (κ3) is 5.23. The highest BCUT2D eigenvalue weighted by Crippen LogP contribution is 2.14. The highest BCUT2D eigenvalue weighted by atomic mass is 16.6. The van der Waals surface area contributed by atoms with E-state index in [0.717, 1.165) is 5.56 Å². The maximum Gasteiger partial charge on any atom is 0.347 e. The summed E-state index contributed by atoms with van der Waals surface area (Å²) in [5, 5.41) is 4.94. The van der Waals surface area contributed by atoms with Crippen LogP contribution < -0.4 is 15.4 Å². The first-order valence-electron chi connectivity index (χ1n) is 8.24. The number of carbonyl (C=O) groups is 3. The van der Waals surface area contributed by atoms with Gasteiger partial charge in [0.15, 0.2) is 6.10 Å². The molecule has 8 heteroatoms. The van der Waals surface area contributed by atoms with E-state index in [9.17, 15) is 14.4 Å². The van der Waals surface area contributed by atoms with Crippen molar-refractivity contribution in [1.29, 1.82) is 0 Å². The number of nitrogens with one attached hydrogen (secondary N) is 2. The van der Waals surface area contributed by atoms with Crippen LogP contribution in [0.4, 0.5) is 4.79 Å². The molecule has 0 saturated heterocycles. The Balaban J connectivity index is 1.97. The van der Waals surface area contributed by atoms with Gasteiger partial charge < -0.3 is 24.8 Å². The highest BCUT2D eigenvalue weighted by Gasteiger charge is 2.25. The average Bonchev–Trinajstić information content (AvgIpc) is 2.61. The van der Waals surface area contributed by atoms with E-state index in [-0.39, 0.29) is 31.0 Å². The largest absolute Gasteiger partial charge is 0.479 e. The Morgan fingerprint density at radius 2 is 1.88 bits per heavy atom. The Kier molecular flexibility index (Phi) is 6.60. The second kappa shape index (κ2) is 8.89. The number of esters is 2. The molecule has 1 atom stereocenters.